The van der Waals surface area contributed by atoms with Crippen molar-refractivity contribution in [1.29, 1.82) is 0 Å². The van der Waals surface area contributed by atoms with E-state index in [0.717, 1.165) is 18.0 Å². The van der Waals surface area contributed by atoms with E-state index in [1.54, 1.807) is 0 Å². The Morgan fingerprint density at radius 2 is 2.11 bits per heavy atom. The molecule has 1 nitrogen and oxygen atoms in total. The molecular weight excluding hydrogens is 110 g/mol. The zero-order valence-electron chi connectivity index (χ0n) is 6.30. The Kier molecular flexibility index (Phi) is 1.10. The lowest BCUT2D eigenvalue weighted by Gasteiger charge is -2.16. The second-order valence-electron chi connectivity index (χ2n) is 3.68. The minimum absolute atomic E-state index is 0.940. The summed E-state index contributed by atoms with van der Waals surface area (Å²) in [6.07, 6.45) is 4.38. The second-order valence-corrected chi connectivity index (χ2v) is 3.68. The van der Waals surface area contributed by atoms with Crippen LogP contribution in [0.5, 0.6) is 0 Å². The highest BCUT2D eigenvalue weighted by molar-refractivity contribution is 4.96. The van der Waals surface area contributed by atoms with Crippen LogP contribution in [0.15, 0.2) is 0 Å². The van der Waals surface area contributed by atoms with Crippen molar-refractivity contribution in [3.8, 4) is 0 Å². The molecule has 2 heterocycles. The highest BCUT2D eigenvalue weighted by atomic mass is 15.2. The van der Waals surface area contributed by atoms with Gasteiger partial charge in [0.2, 0.25) is 0 Å². The Bertz CT molecular complexity index is 122. The molecule has 0 radical (unpaired) electrons. The van der Waals surface area contributed by atoms with Crippen molar-refractivity contribution < 1.29 is 0 Å². The number of rotatable bonds is 0. The van der Waals surface area contributed by atoms with Crippen LogP contribution in [0.2, 0.25) is 0 Å². The predicted molar refractivity (Wildman–Crippen MR) is 38.4 cm³/mol. The zero-order chi connectivity index (χ0) is 6.43. The number of hydrogen-bond acceptors (Lipinski definition) is 1. The van der Waals surface area contributed by atoms with Gasteiger partial charge < -0.3 is 4.90 Å². The molecule has 0 aliphatic carbocycles. The monoisotopic (exact) mass is 125 g/mol. The van der Waals surface area contributed by atoms with Gasteiger partial charge in [-0.3, -0.25) is 0 Å². The average Bonchev–Trinajstić information content (AvgIpc) is 2.25. The summed E-state index contributed by atoms with van der Waals surface area (Å²) in [6.45, 7) is 2.39. The molecule has 2 rings (SSSR count). The Balaban J connectivity index is 2.16. The Labute approximate surface area is 57.0 Å². The summed E-state index contributed by atoms with van der Waals surface area (Å²) in [5.41, 5.74) is 0. The van der Waals surface area contributed by atoms with Gasteiger partial charge in [0, 0.05) is 12.1 Å². The van der Waals surface area contributed by atoms with Crippen molar-refractivity contribution in [3.63, 3.8) is 0 Å². The summed E-state index contributed by atoms with van der Waals surface area (Å²) in [7, 11) is 2.28. The largest absolute Gasteiger partial charge is 0.300 e. The van der Waals surface area contributed by atoms with Gasteiger partial charge in [-0.2, -0.15) is 0 Å². The van der Waals surface area contributed by atoms with Gasteiger partial charge in [-0.25, -0.2) is 0 Å². The first-order valence-electron chi connectivity index (χ1n) is 4.01. The van der Waals surface area contributed by atoms with Crippen molar-refractivity contribution in [1.82, 2.24) is 4.90 Å². The number of hydrogen-bond donors (Lipinski definition) is 0. The standard InChI is InChI=1S/C8H15N/c1-6-5-7-3-4-8(6)9(7)2/h6-8H,3-5H2,1-2H3/t6-,7+,8-/m1/s1. The molecule has 0 spiro atoms. The molecule has 2 saturated heterocycles. The van der Waals surface area contributed by atoms with Crippen molar-refractivity contribution in [2.24, 2.45) is 5.92 Å². The van der Waals surface area contributed by atoms with E-state index in [1.165, 1.54) is 19.3 Å². The van der Waals surface area contributed by atoms with E-state index in [1.807, 2.05) is 0 Å². The molecule has 2 bridgehead atoms. The summed E-state index contributed by atoms with van der Waals surface area (Å²) in [4.78, 5) is 2.57. The Morgan fingerprint density at radius 3 is 2.33 bits per heavy atom. The Hall–Kier alpha value is -0.0400. The smallest absolute Gasteiger partial charge is 0.0122 e. The van der Waals surface area contributed by atoms with E-state index in [9.17, 15) is 0 Å². The summed E-state index contributed by atoms with van der Waals surface area (Å²) in [6, 6.07) is 1.89. The molecule has 0 aromatic rings. The lowest BCUT2D eigenvalue weighted by atomic mass is 9.91. The van der Waals surface area contributed by atoms with Crippen LogP contribution in [-0.4, -0.2) is 24.0 Å². The minimum Gasteiger partial charge on any atom is -0.300 e. The lowest BCUT2D eigenvalue weighted by Crippen LogP contribution is -2.24. The maximum Gasteiger partial charge on any atom is 0.0122 e. The molecule has 3 atom stereocenters. The number of nitrogens with zero attached hydrogens (tertiary/aromatic N) is 1. The van der Waals surface area contributed by atoms with E-state index in [0.29, 0.717) is 0 Å². The molecule has 52 valence electrons. The van der Waals surface area contributed by atoms with Gasteiger partial charge in [-0.05, 0) is 32.2 Å². The van der Waals surface area contributed by atoms with Crippen LogP contribution in [0, 0.1) is 5.92 Å². The van der Waals surface area contributed by atoms with Gasteiger partial charge in [0.05, 0.1) is 0 Å². The molecule has 2 aliphatic heterocycles. The minimum atomic E-state index is 0.940. The van der Waals surface area contributed by atoms with Gasteiger partial charge in [0.1, 0.15) is 0 Å². The third-order valence-corrected chi connectivity index (χ3v) is 3.20. The van der Waals surface area contributed by atoms with Crippen LogP contribution >= 0.6 is 0 Å². The first-order valence-corrected chi connectivity index (χ1v) is 4.01. The van der Waals surface area contributed by atoms with Gasteiger partial charge in [-0.15, -0.1) is 0 Å². The first kappa shape index (κ1) is 5.72. The Morgan fingerprint density at radius 1 is 1.33 bits per heavy atom. The van der Waals surface area contributed by atoms with E-state index >= 15 is 0 Å². The van der Waals surface area contributed by atoms with Crippen LogP contribution < -0.4 is 0 Å². The molecule has 0 unspecified atom stereocenters. The van der Waals surface area contributed by atoms with Gasteiger partial charge >= 0.3 is 0 Å². The number of fused-ring (bicyclic) bond motifs is 2. The highest BCUT2D eigenvalue weighted by Crippen LogP contribution is 2.39. The molecule has 1 heteroatoms. The predicted octanol–water partition coefficient (Wildman–Crippen LogP) is 1.49. The molecule has 0 N–H and O–H groups in total. The third-order valence-electron chi connectivity index (χ3n) is 3.20. The van der Waals surface area contributed by atoms with Crippen molar-refractivity contribution >= 4 is 0 Å². The third kappa shape index (κ3) is 0.644. The fraction of sp³-hybridized carbons (Fsp3) is 1.00. The maximum absolute atomic E-state index is 2.57. The quantitative estimate of drug-likeness (QED) is 0.474. The average molecular weight is 125 g/mol. The highest BCUT2D eigenvalue weighted by Gasteiger charge is 2.41. The molecule has 2 fully saturated rings. The van der Waals surface area contributed by atoms with Crippen molar-refractivity contribution in [3.05, 3.63) is 0 Å². The summed E-state index contributed by atoms with van der Waals surface area (Å²) < 4.78 is 0. The molecule has 0 amide bonds. The van der Waals surface area contributed by atoms with E-state index in [-0.39, 0.29) is 0 Å². The van der Waals surface area contributed by atoms with Crippen molar-refractivity contribution in [2.45, 2.75) is 38.3 Å². The fourth-order valence-corrected chi connectivity index (χ4v) is 2.60. The van der Waals surface area contributed by atoms with Gasteiger partial charge in [0.15, 0.2) is 0 Å². The van der Waals surface area contributed by atoms with E-state index in [4.69, 9.17) is 0 Å². The lowest BCUT2D eigenvalue weighted by molar-refractivity contribution is 0.296. The maximum atomic E-state index is 2.57. The van der Waals surface area contributed by atoms with Crippen LogP contribution in [0.3, 0.4) is 0 Å². The molecule has 2 aliphatic rings. The van der Waals surface area contributed by atoms with E-state index < -0.39 is 0 Å². The molecule has 0 aromatic carbocycles. The van der Waals surface area contributed by atoms with E-state index in [2.05, 4.69) is 18.9 Å². The summed E-state index contributed by atoms with van der Waals surface area (Å²) >= 11 is 0. The van der Waals surface area contributed by atoms with Crippen LogP contribution in [-0.2, 0) is 0 Å². The normalized spacial score (nSPS) is 50.7. The molecule has 0 aromatic heterocycles. The zero-order valence-corrected chi connectivity index (χ0v) is 6.30. The van der Waals surface area contributed by atoms with Crippen molar-refractivity contribution in [2.75, 3.05) is 7.05 Å². The first-order chi connectivity index (χ1) is 4.29. The van der Waals surface area contributed by atoms with Gasteiger partial charge in [-0.1, -0.05) is 6.92 Å². The second kappa shape index (κ2) is 1.72. The topological polar surface area (TPSA) is 3.24 Å². The molecular formula is C8H15N. The van der Waals surface area contributed by atoms with Crippen LogP contribution in [0.1, 0.15) is 26.2 Å². The summed E-state index contributed by atoms with van der Waals surface area (Å²) in [5, 5.41) is 0. The fourth-order valence-electron chi connectivity index (χ4n) is 2.60. The summed E-state index contributed by atoms with van der Waals surface area (Å²) in [5.74, 6) is 0.980. The molecule has 0 saturated carbocycles. The SMILES string of the molecule is C[C@@H]1C[C@@H]2CC[C@H]1N2C. The van der Waals surface area contributed by atoms with Gasteiger partial charge in [0.25, 0.3) is 0 Å². The van der Waals surface area contributed by atoms with Crippen LogP contribution in [0.25, 0.3) is 0 Å². The van der Waals surface area contributed by atoms with Crippen LogP contribution in [0.4, 0.5) is 0 Å². The molecule has 9 heavy (non-hydrogen) atoms.